The summed E-state index contributed by atoms with van der Waals surface area (Å²) in [5.41, 5.74) is 4.19. The van der Waals surface area contributed by atoms with Crippen molar-refractivity contribution in [1.82, 2.24) is 20.5 Å². The lowest BCUT2D eigenvalue weighted by Crippen LogP contribution is -2.48. The number of carbonyl (C=O) groups is 2. The van der Waals surface area contributed by atoms with Gasteiger partial charge in [0.2, 0.25) is 11.8 Å². The maximum absolute atomic E-state index is 14.0. The average molecular weight is 515 g/mol. The van der Waals surface area contributed by atoms with Crippen molar-refractivity contribution in [3.8, 4) is 0 Å². The lowest BCUT2D eigenvalue weighted by molar-refractivity contribution is -0.138. The van der Waals surface area contributed by atoms with Crippen molar-refractivity contribution in [2.45, 2.75) is 71.4 Å². The van der Waals surface area contributed by atoms with Crippen molar-refractivity contribution in [3.63, 3.8) is 0 Å². The minimum absolute atomic E-state index is 0.0943. The van der Waals surface area contributed by atoms with Crippen molar-refractivity contribution >= 4 is 11.8 Å². The van der Waals surface area contributed by atoms with Crippen LogP contribution in [0.1, 0.15) is 68.8 Å². The third kappa shape index (κ3) is 8.52. The van der Waals surface area contributed by atoms with Crippen LogP contribution in [-0.4, -0.2) is 40.8 Å². The summed E-state index contributed by atoms with van der Waals surface area (Å²) < 4.78 is 0. The van der Waals surface area contributed by atoms with Crippen LogP contribution in [0.5, 0.6) is 0 Å². The average Bonchev–Trinajstić information content (AvgIpc) is 2.91. The number of amides is 2. The number of benzene rings is 1. The zero-order valence-corrected chi connectivity index (χ0v) is 23.1. The van der Waals surface area contributed by atoms with E-state index in [0.29, 0.717) is 18.7 Å². The van der Waals surface area contributed by atoms with E-state index in [0.717, 1.165) is 48.1 Å². The summed E-state index contributed by atoms with van der Waals surface area (Å²) in [6, 6.07) is 13.0. The van der Waals surface area contributed by atoms with Crippen LogP contribution in [0, 0.1) is 6.92 Å². The van der Waals surface area contributed by atoms with Gasteiger partial charge in [-0.3, -0.25) is 19.5 Å². The predicted molar refractivity (Wildman–Crippen MR) is 154 cm³/mol. The van der Waals surface area contributed by atoms with Crippen LogP contribution in [0.4, 0.5) is 0 Å². The molecule has 0 aliphatic heterocycles. The fraction of sp³-hybridized carbons (Fsp3) is 0.406. The van der Waals surface area contributed by atoms with Gasteiger partial charge in [0.15, 0.2) is 0 Å². The Morgan fingerprint density at radius 1 is 1.13 bits per heavy atom. The van der Waals surface area contributed by atoms with E-state index in [4.69, 9.17) is 0 Å². The van der Waals surface area contributed by atoms with Crippen LogP contribution in [0.25, 0.3) is 0 Å². The van der Waals surface area contributed by atoms with Gasteiger partial charge < -0.3 is 10.6 Å². The molecule has 2 aromatic rings. The normalized spacial score (nSPS) is 15.3. The molecule has 2 amide bonds. The minimum atomic E-state index is -0.801. The second kappa shape index (κ2) is 15.0. The number of allylic oxidation sites excluding steroid dienone is 4. The molecular formula is C32H42N4O2. The molecule has 1 atom stereocenters. The van der Waals surface area contributed by atoms with E-state index >= 15 is 0 Å². The zero-order chi connectivity index (χ0) is 27.3. The molecule has 6 heteroatoms. The van der Waals surface area contributed by atoms with Crippen molar-refractivity contribution in [2.75, 3.05) is 13.1 Å². The van der Waals surface area contributed by atoms with Crippen LogP contribution < -0.4 is 10.6 Å². The van der Waals surface area contributed by atoms with E-state index in [1.807, 2.05) is 81.5 Å². The van der Waals surface area contributed by atoms with Gasteiger partial charge in [0.1, 0.15) is 6.04 Å². The first kappa shape index (κ1) is 29.1. The minimum Gasteiger partial charge on any atom is -0.351 e. The van der Waals surface area contributed by atoms with E-state index in [1.165, 1.54) is 6.42 Å². The maximum atomic E-state index is 14.0. The van der Waals surface area contributed by atoms with E-state index in [9.17, 15) is 9.59 Å². The highest BCUT2D eigenvalue weighted by atomic mass is 16.2. The first-order valence-corrected chi connectivity index (χ1v) is 13.7. The molecule has 0 saturated heterocycles. The van der Waals surface area contributed by atoms with Crippen molar-refractivity contribution < 1.29 is 9.59 Å². The van der Waals surface area contributed by atoms with Gasteiger partial charge in [-0.1, -0.05) is 67.8 Å². The molecule has 1 saturated carbocycles. The smallest absolute Gasteiger partial charge is 0.248 e. The summed E-state index contributed by atoms with van der Waals surface area (Å²) in [6.45, 7) is 10.5. The highest BCUT2D eigenvalue weighted by Crippen LogP contribution is 2.30. The van der Waals surface area contributed by atoms with Gasteiger partial charge in [-0.15, -0.1) is 0 Å². The van der Waals surface area contributed by atoms with E-state index in [1.54, 1.807) is 11.1 Å². The lowest BCUT2D eigenvalue weighted by Gasteiger charge is -2.35. The monoisotopic (exact) mass is 514 g/mol. The Hall–Kier alpha value is -3.51. The highest BCUT2D eigenvalue weighted by Gasteiger charge is 2.35. The molecule has 202 valence electrons. The first-order chi connectivity index (χ1) is 18.4. The molecule has 1 aliphatic rings. The molecule has 0 radical (unpaired) electrons. The van der Waals surface area contributed by atoms with Gasteiger partial charge in [-0.25, -0.2) is 0 Å². The Balaban J connectivity index is 1.94. The number of hydrogen-bond donors (Lipinski definition) is 2. The standard InChI is InChI=1S/C32H42N4O2/c1-5-13-28(22-24(2)3)36(30(37)23-33-21-19-26-15-11-12-20-34-26)31(29-18-10-9-14-25(29)4)32(38)35-27-16-7-6-8-17-27/h5,9-15,18,20,22,27,31,33H,2,6-8,16-17,19,21,23H2,1,3-4H3,(H,35,38). The number of aromatic nitrogens is 1. The molecule has 1 aromatic heterocycles. The van der Waals surface area contributed by atoms with Crippen LogP contribution in [-0.2, 0) is 16.0 Å². The summed E-state index contributed by atoms with van der Waals surface area (Å²) in [6.07, 6.45) is 13.5. The first-order valence-electron chi connectivity index (χ1n) is 13.7. The third-order valence-electron chi connectivity index (χ3n) is 6.78. The van der Waals surface area contributed by atoms with Gasteiger partial charge in [0, 0.05) is 36.6 Å². The largest absolute Gasteiger partial charge is 0.351 e. The highest BCUT2D eigenvalue weighted by molar-refractivity contribution is 5.91. The van der Waals surface area contributed by atoms with Crippen molar-refractivity contribution in [2.24, 2.45) is 0 Å². The number of nitrogens with zero attached hydrogens (tertiary/aromatic N) is 2. The summed E-state index contributed by atoms with van der Waals surface area (Å²) in [5.74, 6) is -0.325. The third-order valence-corrected chi connectivity index (χ3v) is 6.78. The van der Waals surface area contributed by atoms with Gasteiger partial charge in [-0.2, -0.15) is 0 Å². The second-order valence-corrected chi connectivity index (χ2v) is 10.0. The Bertz CT molecular complexity index is 1130. The number of hydrogen-bond acceptors (Lipinski definition) is 4. The van der Waals surface area contributed by atoms with Gasteiger partial charge in [0.05, 0.1) is 6.54 Å². The van der Waals surface area contributed by atoms with Crippen LogP contribution in [0.3, 0.4) is 0 Å². The number of rotatable bonds is 12. The lowest BCUT2D eigenvalue weighted by atomic mass is 9.93. The zero-order valence-electron chi connectivity index (χ0n) is 23.1. The Labute approximate surface area is 227 Å². The number of pyridine rings is 1. The fourth-order valence-corrected chi connectivity index (χ4v) is 4.92. The molecule has 1 fully saturated rings. The quantitative estimate of drug-likeness (QED) is 0.287. The molecule has 38 heavy (non-hydrogen) atoms. The van der Waals surface area contributed by atoms with Gasteiger partial charge in [0.25, 0.3) is 0 Å². The van der Waals surface area contributed by atoms with Crippen LogP contribution >= 0.6 is 0 Å². The van der Waals surface area contributed by atoms with E-state index in [2.05, 4.69) is 22.2 Å². The van der Waals surface area contributed by atoms with Crippen LogP contribution in [0.15, 0.2) is 84.7 Å². The van der Waals surface area contributed by atoms with E-state index in [-0.39, 0.29) is 24.4 Å². The molecule has 1 unspecified atom stereocenters. The Kier molecular flexibility index (Phi) is 11.5. The summed E-state index contributed by atoms with van der Waals surface area (Å²) in [7, 11) is 0. The Morgan fingerprint density at radius 3 is 2.53 bits per heavy atom. The molecule has 0 bridgehead atoms. The number of aryl methyl sites for hydroxylation is 1. The molecule has 1 aliphatic carbocycles. The molecule has 3 rings (SSSR count). The Morgan fingerprint density at radius 2 is 1.87 bits per heavy atom. The van der Waals surface area contributed by atoms with Crippen molar-refractivity contribution in [3.05, 3.63) is 102 Å². The fourth-order valence-electron chi connectivity index (χ4n) is 4.92. The summed E-state index contributed by atoms with van der Waals surface area (Å²) in [4.78, 5) is 33.9. The molecular weight excluding hydrogens is 472 g/mol. The topological polar surface area (TPSA) is 74.3 Å². The van der Waals surface area contributed by atoms with E-state index < -0.39 is 6.04 Å². The van der Waals surface area contributed by atoms with Crippen molar-refractivity contribution in [1.29, 1.82) is 0 Å². The molecule has 0 spiro atoms. The molecule has 1 aromatic carbocycles. The second-order valence-electron chi connectivity index (χ2n) is 10.0. The summed E-state index contributed by atoms with van der Waals surface area (Å²) >= 11 is 0. The molecule has 6 nitrogen and oxygen atoms in total. The number of carbonyl (C=O) groups excluding carboxylic acids is 2. The van der Waals surface area contributed by atoms with Gasteiger partial charge in [-0.05, 0) is 69.0 Å². The SMILES string of the molecule is C=C(C)C=C(C=CC)N(C(=O)CNCCc1ccccn1)C(C(=O)NC1CCCCC1)c1ccccc1C. The predicted octanol–water partition coefficient (Wildman–Crippen LogP) is 5.58. The summed E-state index contributed by atoms with van der Waals surface area (Å²) in [5, 5.41) is 6.55. The van der Waals surface area contributed by atoms with Gasteiger partial charge >= 0.3 is 0 Å². The maximum Gasteiger partial charge on any atom is 0.248 e. The van der Waals surface area contributed by atoms with Crippen LogP contribution in [0.2, 0.25) is 0 Å². The molecule has 1 heterocycles. The number of nitrogens with one attached hydrogen (secondary N) is 2. The molecule has 2 N–H and O–H groups in total.